The summed E-state index contributed by atoms with van der Waals surface area (Å²) in [7, 11) is 0. The summed E-state index contributed by atoms with van der Waals surface area (Å²) in [6, 6.07) is 38.1. The molecule has 0 amide bonds. The summed E-state index contributed by atoms with van der Waals surface area (Å²) < 4.78 is 48.6. The number of fused-ring (bicyclic) bond motifs is 6. The molecule has 0 fully saturated rings. The van der Waals surface area contributed by atoms with Crippen LogP contribution in [-0.2, 0) is 0 Å². The van der Waals surface area contributed by atoms with Crippen molar-refractivity contribution in [1.82, 2.24) is 15.0 Å². The van der Waals surface area contributed by atoms with E-state index in [0.29, 0.717) is 22.3 Å². The fraction of sp³-hybridized carbons (Fsp3) is 0. The van der Waals surface area contributed by atoms with Gasteiger partial charge in [-0.15, -0.1) is 0 Å². The van der Waals surface area contributed by atoms with Crippen molar-refractivity contribution in [1.29, 1.82) is 0 Å². The monoisotopic (exact) mass is 580 g/mol. The lowest BCUT2D eigenvalue weighted by atomic mass is 9.93. The predicted octanol–water partition coefficient (Wildman–Crippen LogP) is 10.7. The van der Waals surface area contributed by atoms with Gasteiger partial charge < -0.3 is 4.42 Å². The zero-order valence-corrected chi connectivity index (χ0v) is 23.8. The van der Waals surface area contributed by atoms with Crippen molar-refractivity contribution in [2.45, 2.75) is 0 Å². The number of aromatic nitrogens is 3. The van der Waals surface area contributed by atoms with Crippen LogP contribution in [0.1, 0.15) is 6.85 Å². The Morgan fingerprint density at radius 3 is 2.02 bits per heavy atom. The van der Waals surface area contributed by atoms with Crippen molar-refractivity contribution in [2.75, 3.05) is 0 Å². The lowest BCUT2D eigenvalue weighted by Gasteiger charge is -2.12. The van der Waals surface area contributed by atoms with Crippen LogP contribution >= 0.6 is 0 Å². The third-order valence-electron chi connectivity index (χ3n) is 8.21. The Hall–Kier alpha value is -6.13. The molecule has 4 heteroatoms. The van der Waals surface area contributed by atoms with Crippen LogP contribution in [0.3, 0.4) is 0 Å². The second-order valence-corrected chi connectivity index (χ2v) is 10.9. The van der Waals surface area contributed by atoms with Gasteiger partial charge in [0.1, 0.15) is 11.2 Å². The molecule has 0 saturated carbocycles. The summed E-state index contributed by atoms with van der Waals surface area (Å²) in [5.74, 6) is 0.511. The molecule has 7 aromatic carbocycles. The first-order valence-electron chi connectivity index (χ1n) is 17.1. The Balaban J connectivity index is 1.30. The molecule has 9 rings (SSSR count). The standard InChI is InChI=1S/C41H25N3O/c1-2-12-28(13-3-1)39-42-40(44-41(43-39)35-21-10-20-34-33-18-6-7-22-36(33)45-38(34)35)30-16-8-15-29(25-30)32-19-9-14-27-24-23-26-11-4-5-17-31(26)37(27)32/h1-25H/i1D,2D,3D,12D,13D. The summed E-state index contributed by atoms with van der Waals surface area (Å²) >= 11 is 0. The van der Waals surface area contributed by atoms with Gasteiger partial charge in [0.05, 0.1) is 12.4 Å². The lowest BCUT2D eigenvalue weighted by Crippen LogP contribution is -2.00. The Morgan fingerprint density at radius 2 is 1.11 bits per heavy atom. The minimum atomic E-state index is -0.486. The van der Waals surface area contributed by atoms with Crippen molar-refractivity contribution < 1.29 is 11.3 Å². The van der Waals surface area contributed by atoms with Gasteiger partial charge in [-0.1, -0.05) is 133 Å². The molecule has 0 unspecified atom stereocenters. The van der Waals surface area contributed by atoms with Crippen LogP contribution in [0.5, 0.6) is 0 Å². The van der Waals surface area contributed by atoms with E-state index in [1.54, 1.807) is 0 Å². The average molecular weight is 581 g/mol. The molecular formula is C41H25N3O. The molecule has 0 radical (unpaired) electrons. The quantitative estimate of drug-likeness (QED) is 0.194. The highest BCUT2D eigenvalue weighted by atomic mass is 16.3. The molecule has 45 heavy (non-hydrogen) atoms. The summed E-state index contributed by atoms with van der Waals surface area (Å²) in [6.07, 6.45) is 0. The van der Waals surface area contributed by atoms with E-state index in [1.165, 1.54) is 0 Å². The summed E-state index contributed by atoms with van der Waals surface area (Å²) in [5.41, 5.74) is 4.46. The number of rotatable bonds is 4. The van der Waals surface area contributed by atoms with Crippen LogP contribution in [-0.4, -0.2) is 15.0 Å². The van der Waals surface area contributed by atoms with Gasteiger partial charge in [0.2, 0.25) is 0 Å². The Bertz CT molecular complexity index is 2820. The summed E-state index contributed by atoms with van der Waals surface area (Å²) in [5, 5.41) is 6.38. The molecule has 0 aliphatic carbocycles. The van der Waals surface area contributed by atoms with Crippen molar-refractivity contribution in [2.24, 2.45) is 0 Å². The first-order valence-corrected chi connectivity index (χ1v) is 14.6. The molecule has 0 atom stereocenters. The van der Waals surface area contributed by atoms with Crippen LogP contribution in [0.25, 0.3) is 88.8 Å². The minimum absolute atomic E-state index is 0.0309. The summed E-state index contributed by atoms with van der Waals surface area (Å²) in [4.78, 5) is 14.5. The van der Waals surface area contributed by atoms with Gasteiger partial charge in [-0.2, -0.15) is 0 Å². The van der Waals surface area contributed by atoms with Crippen LogP contribution in [0.4, 0.5) is 0 Å². The average Bonchev–Trinajstić information content (AvgIpc) is 3.55. The van der Waals surface area contributed by atoms with Gasteiger partial charge in [-0.3, -0.25) is 0 Å². The van der Waals surface area contributed by atoms with Crippen molar-refractivity contribution >= 4 is 43.5 Å². The number of hydrogen-bond acceptors (Lipinski definition) is 4. The van der Waals surface area contributed by atoms with Crippen LogP contribution in [0.2, 0.25) is 0 Å². The fourth-order valence-corrected chi connectivity index (χ4v) is 6.15. The molecule has 0 aliphatic rings. The molecular weight excluding hydrogens is 550 g/mol. The number of furan rings is 1. The largest absolute Gasteiger partial charge is 0.455 e. The van der Waals surface area contributed by atoms with E-state index in [1.807, 2.05) is 84.9 Å². The minimum Gasteiger partial charge on any atom is -0.455 e. The Labute approximate surface area is 266 Å². The third kappa shape index (κ3) is 4.27. The second kappa shape index (κ2) is 10.2. The molecule has 0 saturated heterocycles. The van der Waals surface area contributed by atoms with E-state index >= 15 is 0 Å². The highest BCUT2D eigenvalue weighted by molar-refractivity contribution is 6.14. The predicted molar refractivity (Wildman–Crippen MR) is 184 cm³/mol. The molecule has 2 heterocycles. The molecule has 210 valence electrons. The van der Waals surface area contributed by atoms with Crippen molar-refractivity contribution in [3.05, 3.63) is 152 Å². The van der Waals surface area contributed by atoms with Gasteiger partial charge in [0, 0.05) is 21.9 Å². The van der Waals surface area contributed by atoms with Crippen LogP contribution < -0.4 is 0 Å². The first-order chi connectivity index (χ1) is 24.4. The molecule has 0 bridgehead atoms. The van der Waals surface area contributed by atoms with E-state index in [-0.39, 0.29) is 23.0 Å². The normalized spacial score (nSPS) is 13.1. The SMILES string of the molecule is [2H]c1c([2H])c([2H])c(-c2nc(-c3cccc(-c4cccc5ccc6ccccc6c45)c3)nc(-c3cccc4c3oc3ccccc34)n2)c([2H])c1[2H]. The van der Waals surface area contributed by atoms with E-state index in [2.05, 4.69) is 36.4 Å². The third-order valence-corrected chi connectivity index (χ3v) is 8.21. The molecule has 0 aliphatic heterocycles. The molecule has 4 nitrogen and oxygen atoms in total. The maximum atomic E-state index is 8.73. The highest BCUT2D eigenvalue weighted by Gasteiger charge is 2.18. The zero-order chi connectivity index (χ0) is 34.1. The van der Waals surface area contributed by atoms with Gasteiger partial charge in [-0.25, -0.2) is 15.0 Å². The smallest absolute Gasteiger partial charge is 0.167 e. The van der Waals surface area contributed by atoms with E-state index in [0.717, 1.165) is 43.4 Å². The van der Waals surface area contributed by atoms with Gasteiger partial charge in [0.15, 0.2) is 17.5 Å². The molecule has 0 N–H and O–H groups in total. The van der Waals surface area contributed by atoms with Gasteiger partial charge in [-0.05, 0) is 50.9 Å². The van der Waals surface area contributed by atoms with Gasteiger partial charge >= 0.3 is 0 Å². The number of para-hydroxylation sites is 2. The maximum Gasteiger partial charge on any atom is 0.167 e. The van der Waals surface area contributed by atoms with Crippen molar-refractivity contribution in [3.63, 3.8) is 0 Å². The van der Waals surface area contributed by atoms with Crippen LogP contribution in [0.15, 0.2) is 156 Å². The highest BCUT2D eigenvalue weighted by Crippen LogP contribution is 2.38. The molecule has 0 spiro atoms. The number of benzene rings is 7. The number of nitrogens with zero attached hydrogens (tertiary/aromatic N) is 3. The van der Waals surface area contributed by atoms with Crippen LogP contribution in [0, 0.1) is 0 Å². The zero-order valence-electron chi connectivity index (χ0n) is 28.8. The van der Waals surface area contributed by atoms with E-state index in [4.69, 9.17) is 26.2 Å². The first kappa shape index (κ1) is 20.7. The fourth-order valence-electron chi connectivity index (χ4n) is 6.15. The Kier molecular flexibility index (Phi) is 4.72. The molecule has 2 aromatic heterocycles. The van der Waals surface area contributed by atoms with Crippen molar-refractivity contribution in [3.8, 4) is 45.3 Å². The second-order valence-electron chi connectivity index (χ2n) is 10.9. The lowest BCUT2D eigenvalue weighted by molar-refractivity contribution is 0.669. The Morgan fingerprint density at radius 1 is 0.467 bits per heavy atom. The number of hydrogen-bond donors (Lipinski definition) is 0. The van der Waals surface area contributed by atoms with E-state index in [9.17, 15) is 0 Å². The van der Waals surface area contributed by atoms with E-state index < -0.39 is 30.2 Å². The molecule has 9 aromatic rings. The maximum absolute atomic E-state index is 8.73. The summed E-state index contributed by atoms with van der Waals surface area (Å²) in [6.45, 7) is 0. The van der Waals surface area contributed by atoms with Gasteiger partial charge in [0.25, 0.3) is 0 Å². The topological polar surface area (TPSA) is 51.8 Å².